The third-order valence-electron chi connectivity index (χ3n) is 2.22. The second kappa shape index (κ2) is 4.00. The van der Waals surface area contributed by atoms with E-state index < -0.39 is 5.97 Å². The number of carboxylic acids is 1. The minimum atomic E-state index is -0.873. The Kier molecular flexibility index (Phi) is 2.70. The zero-order chi connectivity index (χ0) is 10.8. The second-order valence-electron chi connectivity index (χ2n) is 3.28. The fourth-order valence-electron chi connectivity index (χ4n) is 1.55. The fraction of sp³-hybridized carbons (Fsp3) is 0.182. The summed E-state index contributed by atoms with van der Waals surface area (Å²) in [5, 5.41) is 9.99. The molecule has 0 radical (unpaired) electrons. The molecule has 0 spiro atoms. The van der Waals surface area contributed by atoms with Gasteiger partial charge in [0.1, 0.15) is 0 Å². The van der Waals surface area contributed by atoms with Crippen LogP contribution in [0.5, 0.6) is 0 Å². The number of rotatable bonds is 3. The van der Waals surface area contributed by atoms with Crippen molar-refractivity contribution in [3.05, 3.63) is 34.7 Å². The molecule has 78 valence electrons. The highest BCUT2D eigenvalue weighted by atomic mass is 32.1. The molecule has 1 heterocycles. The average molecular weight is 221 g/mol. The van der Waals surface area contributed by atoms with Crippen LogP contribution in [0.15, 0.2) is 24.3 Å². The van der Waals surface area contributed by atoms with Gasteiger partial charge < -0.3 is 10.8 Å². The van der Waals surface area contributed by atoms with Crippen LogP contribution in [0, 0.1) is 0 Å². The number of fused-ring (bicyclic) bond motifs is 1. The highest BCUT2D eigenvalue weighted by Gasteiger charge is 2.10. The summed E-state index contributed by atoms with van der Waals surface area (Å²) in [6.45, 7) is 0.592. The average Bonchev–Trinajstić information content (AvgIpc) is 2.59. The van der Waals surface area contributed by atoms with Crippen molar-refractivity contribution >= 4 is 27.4 Å². The molecule has 0 fully saturated rings. The first-order chi connectivity index (χ1) is 7.22. The summed E-state index contributed by atoms with van der Waals surface area (Å²) in [5.41, 5.74) is 5.85. The van der Waals surface area contributed by atoms with Crippen LogP contribution >= 0.6 is 11.3 Å². The normalized spacial score (nSPS) is 10.7. The lowest BCUT2D eigenvalue weighted by Gasteiger charge is -1.94. The van der Waals surface area contributed by atoms with Gasteiger partial charge >= 0.3 is 5.97 Å². The van der Waals surface area contributed by atoms with E-state index in [1.807, 2.05) is 12.1 Å². The monoisotopic (exact) mass is 221 g/mol. The van der Waals surface area contributed by atoms with Crippen LogP contribution in [0.4, 0.5) is 0 Å². The van der Waals surface area contributed by atoms with E-state index in [0.29, 0.717) is 12.1 Å². The number of carbonyl (C=O) groups is 1. The number of thiophene rings is 1. The summed E-state index contributed by atoms with van der Waals surface area (Å²) in [5.74, 6) is -0.873. The highest BCUT2D eigenvalue weighted by molar-refractivity contribution is 7.19. The Hall–Kier alpha value is -1.39. The van der Waals surface area contributed by atoms with Gasteiger partial charge in [-0.2, -0.15) is 0 Å². The minimum Gasteiger partial charge on any atom is -0.478 e. The molecule has 1 aromatic carbocycles. The number of benzene rings is 1. The predicted octanol–water partition coefficient (Wildman–Crippen LogP) is 2.10. The van der Waals surface area contributed by atoms with Gasteiger partial charge in [0.15, 0.2) is 0 Å². The summed E-state index contributed by atoms with van der Waals surface area (Å²) in [6, 6.07) is 7.34. The smallest absolute Gasteiger partial charge is 0.337 e. The maximum atomic E-state index is 11.0. The zero-order valence-corrected chi connectivity index (χ0v) is 8.88. The van der Waals surface area contributed by atoms with Crippen LogP contribution < -0.4 is 5.73 Å². The molecule has 3 nitrogen and oxygen atoms in total. The molecule has 15 heavy (non-hydrogen) atoms. The molecule has 0 aliphatic rings. The Morgan fingerprint density at radius 2 is 2.27 bits per heavy atom. The zero-order valence-electron chi connectivity index (χ0n) is 8.06. The lowest BCUT2D eigenvalue weighted by molar-refractivity contribution is 0.0699. The van der Waals surface area contributed by atoms with Crippen LogP contribution in [0.25, 0.3) is 10.1 Å². The Bertz CT molecular complexity index is 504. The van der Waals surface area contributed by atoms with Gasteiger partial charge in [0.05, 0.1) is 5.56 Å². The van der Waals surface area contributed by atoms with Crippen molar-refractivity contribution in [1.82, 2.24) is 0 Å². The summed E-state index contributed by atoms with van der Waals surface area (Å²) >= 11 is 1.52. The second-order valence-corrected chi connectivity index (χ2v) is 4.42. The molecule has 4 heteroatoms. The number of aromatic carboxylic acids is 1. The first-order valence-electron chi connectivity index (χ1n) is 4.67. The van der Waals surface area contributed by atoms with E-state index in [1.54, 1.807) is 12.1 Å². The standard InChI is InChI=1S/C11H11NO2S/c12-5-4-8-6-7-2-1-3-9(11(13)14)10(7)15-8/h1-3,6H,4-5,12H2,(H,13,14). The van der Waals surface area contributed by atoms with Crippen molar-refractivity contribution < 1.29 is 9.90 Å². The third-order valence-corrected chi connectivity index (χ3v) is 3.46. The SMILES string of the molecule is NCCc1cc2cccc(C(=O)O)c2s1. The van der Waals surface area contributed by atoms with E-state index in [0.717, 1.165) is 21.4 Å². The van der Waals surface area contributed by atoms with Crippen LogP contribution in [0.1, 0.15) is 15.2 Å². The third kappa shape index (κ3) is 1.86. The molecule has 3 N–H and O–H groups in total. The van der Waals surface area contributed by atoms with Crippen molar-refractivity contribution in [3.63, 3.8) is 0 Å². The topological polar surface area (TPSA) is 63.3 Å². The maximum Gasteiger partial charge on any atom is 0.337 e. The van der Waals surface area contributed by atoms with E-state index in [-0.39, 0.29) is 0 Å². The largest absolute Gasteiger partial charge is 0.478 e. The van der Waals surface area contributed by atoms with Gasteiger partial charge in [-0.05, 0) is 30.5 Å². The van der Waals surface area contributed by atoms with Crippen LogP contribution in [-0.2, 0) is 6.42 Å². The number of hydrogen-bond acceptors (Lipinski definition) is 3. The number of hydrogen-bond donors (Lipinski definition) is 2. The van der Waals surface area contributed by atoms with Crippen molar-refractivity contribution in [2.24, 2.45) is 5.73 Å². The van der Waals surface area contributed by atoms with Gasteiger partial charge in [0.25, 0.3) is 0 Å². The van der Waals surface area contributed by atoms with Gasteiger partial charge in [0.2, 0.25) is 0 Å². The van der Waals surface area contributed by atoms with Crippen molar-refractivity contribution in [1.29, 1.82) is 0 Å². The lowest BCUT2D eigenvalue weighted by Crippen LogP contribution is -2.00. The molecule has 0 unspecified atom stereocenters. The van der Waals surface area contributed by atoms with Crippen LogP contribution in [0.3, 0.4) is 0 Å². The fourth-order valence-corrected chi connectivity index (χ4v) is 2.73. The Balaban J connectivity index is 2.59. The van der Waals surface area contributed by atoms with Crippen molar-refractivity contribution in [3.8, 4) is 0 Å². The minimum absolute atomic E-state index is 0.376. The van der Waals surface area contributed by atoms with Crippen molar-refractivity contribution in [2.75, 3.05) is 6.54 Å². The summed E-state index contributed by atoms with van der Waals surface area (Å²) in [7, 11) is 0. The molecule has 0 aliphatic carbocycles. The molecule has 0 aliphatic heterocycles. The Morgan fingerprint density at radius 1 is 1.47 bits per heavy atom. The van der Waals surface area contributed by atoms with Crippen LogP contribution in [0.2, 0.25) is 0 Å². The quantitative estimate of drug-likeness (QED) is 0.834. The maximum absolute atomic E-state index is 11.0. The Labute approximate surface area is 91.1 Å². The predicted molar refractivity (Wildman–Crippen MR) is 61.5 cm³/mol. The Morgan fingerprint density at radius 3 is 2.93 bits per heavy atom. The molecule has 0 atom stereocenters. The molecule has 0 saturated carbocycles. The van der Waals surface area contributed by atoms with Gasteiger partial charge in [-0.15, -0.1) is 11.3 Å². The van der Waals surface area contributed by atoms with E-state index >= 15 is 0 Å². The molecule has 2 aromatic rings. The van der Waals surface area contributed by atoms with Crippen LogP contribution in [-0.4, -0.2) is 17.6 Å². The van der Waals surface area contributed by atoms with Crippen molar-refractivity contribution in [2.45, 2.75) is 6.42 Å². The van der Waals surface area contributed by atoms with Gasteiger partial charge in [0, 0.05) is 9.58 Å². The van der Waals surface area contributed by atoms with Gasteiger partial charge in [-0.25, -0.2) is 4.79 Å². The molecule has 1 aromatic heterocycles. The summed E-state index contributed by atoms with van der Waals surface area (Å²) < 4.78 is 0.841. The van der Waals surface area contributed by atoms with E-state index in [2.05, 4.69) is 0 Å². The van der Waals surface area contributed by atoms with Gasteiger partial charge in [-0.3, -0.25) is 0 Å². The summed E-state index contributed by atoms with van der Waals surface area (Å²) in [4.78, 5) is 12.1. The van der Waals surface area contributed by atoms with E-state index in [9.17, 15) is 4.79 Å². The molecule has 2 rings (SSSR count). The molecular weight excluding hydrogens is 210 g/mol. The number of nitrogens with two attached hydrogens (primary N) is 1. The molecular formula is C11H11NO2S. The molecule has 0 saturated heterocycles. The van der Waals surface area contributed by atoms with Gasteiger partial charge in [-0.1, -0.05) is 12.1 Å². The number of carboxylic acid groups (broad SMARTS) is 1. The first-order valence-corrected chi connectivity index (χ1v) is 5.49. The first kappa shape index (κ1) is 10.1. The van der Waals surface area contributed by atoms with E-state index in [1.165, 1.54) is 11.3 Å². The van der Waals surface area contributed by atoms with E-state index in [4.69, 9.17) is 10.8 Å². The lowest BCUT2D eigenvalue weighted by atomic mass is 10.1. The summed E-state index contributed by atoms with van der Waals surface area (Å²) in [6.07, 6.45) is 0.804. The molecule has 0 amide bonds. The molecule has 0 bridgehead atoms. The highest BCUT2D eigenvalue weighted by Crippen LogP contribution is 2.28.